The predicted octanol–water partition coefficient (Wildman–Crippen LogP) is 5.41. The van der Waals surface area contributed by atoms with Gasteiger partial charge in [0, 0.05) is 6.42 Å². The van der Waals surface area contributed by atoms with Crippen LogP contribution in [0.2, 0.25) is 0 Å². The molecule has 1 fully saturated rings. The molecule has 136 valence electrons. The summed E-state index contributed by atoms with van der Waals surface area (Å²) in [6, 6.07) is 0. The van der Waals surface area contributed by atoms with Crippen LogP contribution in [-0.2, 0) is 4.79 Å². The number of hydrogen-bond donors (Lipinski definition) is 2. The molecule has 1 saturated carbocycles. The van der Waals surface area contributed by atoms with E-state index in [9.17, 15) is 9.90 Å². The molecule has 0 spiro atoms. The average Bonchev–Trinajstić information content (AvgIpc) is 2.59. The molecule has 3 nitrogen and oxygen atoms in total. The third-order valence-electron chi connectivity index (χ3n) is 4.61. The van der Waals surface area contributed by atoms with Crippen LogP contribution in [0.4, 0.5) is 0 Å². The highest BCUT2D eigenvalue weighted by molar-refractivity contribution is 5.66. The van der Waals surface area contributed by atoms with Gasteiger partial charge in [-0.3, -0.25) is 4.79 Å². The average molecular weight is 335 g/mol. The Morgan fingerprint density at radius 3 is 2.21 bits per heavy atom. The maximum atomic E-state index is 10.3. The number of aliphatic carboxylic acids is 1. The highest BCUT2D eigenvalue weighted by Crippen LogP contribution is 2.26. The molecule has 1 unspecified atom stereocenters. The molecule has 1 aliphatic rings. The molecule has 1 rings (SSSR count). The minimum atomic E-state index is -0.713. The summed E-state index contributed by atoms with van der Waals surface area (Å²) < 4.78 is 0. The van der Waals surface area contributed by atoms with Gasteiger partial charge in [0.05, 0.1) is 6.10 Å². The number of aliphatic hydroxyl groups excluding tert-OH is 1. The first-order valence-corrected chi connectivity index (χ1v) is 9.58. The van der Waals surface area contributed by atoms with Crippen molar-refractivity contribution in [3.8, 4) is 0 Å². The molecule has 1 aliphatic carbocycles. The fourth-order valence-corrected chi connectivity index (χ4v) is 3.12. The van der Waals surface area contributed by atoms with Crippen molar-refractivity contribution in [2.45, 2.75) is 83.2 Å². The maximum absolute atomic E-state index is 10.3. The molecule has 1 atom stereocenters. The Morgan fingerprint density at radius 2 is 1.54 bits per heavy atom. The van der Waals surface area contributed by atoms with E-state index >= 15 is 0 Å². The molecule has 0 aromatic carbocycles. The van der Waals surface area contributed by atoms with Crippen LogP contribution in [0.5, 0.6) is 0 Å². The van der Waals surface area contributed by atoms with Crippen molar-refractivity contribution in [2.75, 3.05) is 0 Å². The molecule has 0 amide bonds. The molecule has 0 bridgehead atoms. The number of unbranched alkanes of at least 4 members (excludes halogenated alkanes) is 4. The fourth-order valence-electron chi connectivity index (χ4n) is 3.12. The van der Waals surface area contributed by atoms with E-state index in [-0.39, 0.29) is 12.5 Å². The summed E-state index contributed by atoms with van der Waals surface area (Å²) in [5.74, 6) is -0.249. The van der Waals surface area contributed by atoms with Crippen molar-refractivity contribution in [1.82, 2.24) is 0 Å². The molecule has 3 heteroatoms. The van der Waals surface area contributed by atoms with Crippen LogP contribution in [0.15, 0.2) is 36.5 Å². The van der Waals surface area contributed by atoms with Crippen LogP contribution in [-0.4, -0.2) is 22.3 Å². The van der Waals surface area contributed by atoms with Gasteiger partial charge in [-0.25, -0.2) is 0 Å². The molecule has 0 aromatic heterocycles. The lowest BCUT2D eigenvalue weighted by molar-refractivity contribution is -0.137. The summed E-state index contributed by atoms with van der Waals surface area (Å²) >= 11 is 0. The van der Waals surface area contributed by atoms with E-state index in [4.69, 9.17) is 5.11 Å². The highest BCUT2D eigenvalue weighted by Gasteiger charge is 2.18. The largest absolute Gasteiger partial charge is 0.481 e. The third kappa shape index (κ3) is 11.2. The van der Waals surface area contributed by atoms with Gasteiger partial charge in [-0.2, -0.15) is 0 Å². The Morgan fingerprint density at radius 1 is 0.917 bits per heavy atom. The van der Waals surface area contributed by atoms with E-state index in [1.807, 2.05) is 18.2 Å². The predicted molar refractivity (Wildman–Crippen MR) is 100.0 cm³/mol. The second-order valence-corrected chi connectivity index (χ2v) is 6.74. The van der Waals surface area contributed by atoms with Crippen molar-refractivity contribution in [3.63, 3.8) is 0 Å². The van der Waals surface area contributed by atoms with E-state index in [1.165, 1.54) is 32.1 Å². The molecule has 0 heterocycles. The van der Waals surface area contributed by atoms with Crippen molar-refractivity contribution in [3.05, 3.63) is 36.5 Å². The Bertz CT molecular complexity index is 403. The molecular weight excluding hydrogens is 300 g/mol. The van der Waals surface area contributed by atoms with Crippen molar-refractivity contribution in [1.29, 1.82) is 0 Å². The lowest BCUT2D eigenvalue weighted by Gasteiger charge is -2.24. The molecule has 24 heavy (non-hydrogen) atoms. The number of carbonyl (C=O) groups is 1. The SMILES string of the molecule is O=C(O)CCCC=CCCCCC=CC=CC(O)C1CCCCC1. The van der Waals surface area contributed by atoms with E-state index in [0.29, 0.717) is 5.92 Å². The Hall–Kier alpha value is -1.35. The Kier molecular flexibility index (Phi) is 12.1. The van der Waals surface area contributed by atoms with Crippen LogP contribution < -0.4 is 0 Å². The maximum Gasteiger partial charge on any atom is 0.303 e. The van der Waals surface area contributed by atoms with Crippen LogP contribution in [0.1, 0.15) is 77.0 Å². The first kappa shape index (κ1) is 20.7. The highest BCUT2D eigenvalue weighted by atomic mass is 16.4. The van der Waals surface area contributed by atoms with Gasteiger partial charge < -0.3 is 10.2 Å². The number of hydrogen-bond acceptors (Lipinski definition) is 2. The van der Waals surface area contributed by atoms with Gasteiger partial charge in [-0.1, -0.05) is 55.7 Å². The number of aliphatic hydroxyl groups is 1. The minimum Gasteiger partial charge on any atom is -0.481 e. The van der Waals surface area contributed by atoms with Crippen LogP contribution in [0, 0.1) is 5.92 Å². The number of rotatable bonds is 12. The van der Waals surface area contributed by atoms with E-state index in [0.717, 1.165) is 38.5 Å². The second-order valence-electron chi connectivity index (χ2n) is 6.74. The monoisotopic (exact) mass is 334 g/mol. The van der Waals surface area contributed by atoms with E-state index in [1.54, 1.807) is 0 Å². The molecular formula is C21H34O3. The summed E-state index contributed by atoms with van der Waals surface area (Å²) in [6.07, 6.45) is 24.6. The normalized spacial score (nSPS) is 18.0. The third-order valence-corrected chi connectivity index (χ3v) is 4.61. The van der Waals surface area contributed by atoms with Gasteiger partial charge in [0.1, 0.15) is 0 Å². The van der Waals surface area contributed by atoms with Crippen molar-refractivity contribution >= 4 is 5.97 Å². The first-order chi connectivity index (χ1) is 11.7. The molecule has 0 aromatic rings. The molecule has 0 aliphatic heterocycles. The number of carboxylic acids is 1. The van der Waals surface area contributed by atoms with Crippen molar-refractivity contribution < 1.29 is 15.0 Å². The fraction of sp³-hybridized carbons (Fsp3) is 0.667. The Balaban J connectivity index is 1.96. The van der Waals surface area contributed by atoms with Crippen LogP contribution in [0.25, 0.3) is 0 Å². The molecule has 0 radical (unpaired) electrons. The first-order valence-electron chi connectivity index (χ1n) is 9.58. The zero-order chi connectivity index (χ0) is 17.5. The zero-order valence-electron chi connectivity index (χ0n) is 14.9. The lowest BCUT2D eigenvalue weighted by atomic mass is 9.85. The van der Waals surface area contributed by atoms with Gasteiger partial charge in [0.25, 0.3) is 0 Å². The summed E-state index contributed by atoms with van der Waals surface area (Å²) in [4.78, 5) is 10.3. The van der Waals surface area contributed by atoms with E-state index < -0.39 is 5.97 Å². The number of carboxylic acid groups (broad SMARTS) is 1. The summed E-state index contributed by atoms with van der Waals surface area (Å²) in [5.41, 5.74) is 0. The standard InChI is InChI=1S/C21H34O3/c22-20(19-15-11-10-12-16-19)17-13-8-6-4-2-1-3-5-7-9-14-18-21(23)24/h5-8,13,17,19-20,22H,1-4,9-12,14-16,18H2,(H,23,24). The summed E-state index contributed by atoms with van der Waals surface area (Å²) in [5, 5.41) is 18.6. The second kappa shape index (κ2) is 14.0. The van der Waals surface area contributed by atoms with Crippen LogP contribution >= 0.6 is 0 Å². The minimum absolute atomic E-state index is 0.262. The van der Waals surface area contributed by atoms with Gasteiger partial charge in [-0.15, -0.1) is 0 Å². The van der Waals surface area contributed by atoms with E-state index in [2.05, 4.69) is 18.2 Å². The van der Waals surface area contributed by atoms with Crippen LogP contribution in [0.3, 0.4) is 0 Å². The number of allylic oxidation sites excluding steroid dienone is 5. The topological polar surface area (TPSA) is 57.5 Å². The summed E-state index contributed by atoms with van der Waals surface area (Å²) in [7, 11) is 0. The lowest BCUT2D eigenvalue weighted by Crippen LogP contribution is -2.20. The van der Waals surface area contributed by atoms with Gasteiger partial charge in [0.15, 0.2) is 0 Å². The zero-order valence-corrected chi connectivity index (χ0v) is 14.9. The Labute approximate surface area is 147 Å². The van der Waals surface area contributed by atoms with Crippen molar-refractivity contribution in [2.24, 2.45) is 5.92 Å². The molecule has 0 saturated heterocycles. The molecule has 2 N–H and O–H groups in total. The van der Waals surface area contributed by atoms with Gasteiger partial charge in [-0.05, 0) is 57.3 Å². The smallest absolute Gasteiger partial charge is 0.303 e. The quantitative estimate of drug-likeness (QED) is 0.285. The summed E-state index contributed by atoms with van der Waals surface area (Å²) in [6.45, 7) is 0. The van der Waals surface area contributed by atoms with Gasteiger partial charge >= 0.3 is 5.97 Å². The van der Waals surface area contributed by atoms with Gasteiger partial charge in [0.2, 0.25) is 0 Å².